The molecule has 126 valence electrons. The zero-order valence-corrected chi connectivity index (χ0v) is 14.2. The first-order valence-corrected chi connectivity index (χ1v) is 8.95. The van der Waals surface area contributed by atoms with Crippen LogP contribution in [0.5, 0.6) is 0 Å². The fraction of sp³-hybridized carbons (Fsp3) is 0.333. The third-order valence-corrected chi connectivity index (χ3v) is 4.68. The van der Waals surface area contributed by atoms with Crippen molar-refractivity contribution in [3.8, 4) is 0 Å². The number of carbonyl (C=O) groups is 2. The van der Waals surface area contributed by atoms with Gasteiger partial charge in [0.1, 0.15) is 0 Å². The van der Waals surface area contributed by atoms with Crippen molar-refractivity contribution in [1.82, 2.24) is 4.90 Å². The van der Waals surface area contributed by atoms with Crippen LogP contribution in [0.3, 0.4) is 0 Å². The van der Waals surface area contributed by atoms with E-state index in [1.807, 2.05) is 29.0 Å². The number of benzene rings is 1. The molecule has 3 rings (SSSR count). The standard InChI is InChI=1S/C18H20N2O3S/c21-17(6-5-14-7-12-24-13-14)19-16-4-2-1-3-15(16)18(22)20-8-10-23-11-9-20/h1-4,7,12-13H,5-6,8-11H2,(H,19,21). The van der Waals surface area contributed by atoms with Gasteiger partial charge in [0.2, 0.25) is 5.91 Å². The van der Waals surface area contributed by atoms with Crippen molar-refractivity contribution in [2.45, 2.75) is 12.8 Å². The van der Waals surface area contributed by atoms with Gasteiger partial charge in [-0.2, -0.15) is 11.3 Å². The Bertz CT molecular complexity index is 694. The maximum absolute atomic E-state index is 12.7. The molecule has 1 aromatic carbocycles. The normalized spacial score (nSPS) is 14.4. The Kier molecular flexibility index (Phi) is 5.61. The first kappa shape index (κ1) is 16.7. The van der Waals surface area contributed by atoms with E-state index in [2.05, 4.69) is 5.32 Å². The molecule has 1 aliphatic heterocycles. The predicted octanol–water partition coefficient (Wildman–Crippen LogP) is 2.79. The molecule has 1 aliphatic rings. The van der Waals surface area contributed by atoms with Crippen LogP contribution in [-0.2, 0) is 16.0 Å². The van der Waals surface area contributed by atoms with Crippen LogP contribution in [0, 0.1) is 0 Å². The smallest absolute Gasteiger partial charge is 0.256 e. The van der Waals surface area contributed by atoms with Crippen LogP contribution in [-0.4, -0.2) is 43.0 Å². The lowest BCUT2D eigenvalue weighted by Gasteiger charge is -2.27. The summed E-state index contributed by atoms with van der Waals surface area (Å²) >= 11 is 1.63. The first-order valence-electron chi connectivity index (χ1n) is 8.01. The van der Waals surface area contributed by atoms with Gasteiger partial charge in [-0.05, 0) is 40.9 Å². The number of hydrogen-bond acceptors (Lipinski definition) is 4. The van der Waals surface area contributed by atoms with Gasteiger partial charge in [0.25, 0.3) is 5.91 Å². The van der Waals surface area contributed by atoms with Crippen molar-refractivity contribution in [1.29, 1.82) is 0 Å². The summed E-state index contributed by atoms with van der Waals surface area (Å²) < 4.78 is 5.29. The Morgan fingerprint density at radius 1 is 1.17 bits per heavy atom. The minimum absolute atomic E-state index is 0.0629. The highest BCUT2D eigenvalue weighted by Crippen LogP contribution is 2.19. The largest absolute Gasteiger partial charge is 0.378 e. The van der Waals surface area contributed by atoms with Gasteiger partial charge in [0, 0.05) is 19.5 Å². The molecule has 2 amide bonds. The zero-order valence-electron chi connectivity index (χ0n) is 13.4. The van der Waals surface area contributed by atoms with Crippen molar-refractivity contribution in [3.05, 3.63) is 52.2 Å². The molecular weight excluding hydrogens is 324 g/mol. The number of aryl methyl sites for hydroxylation is 1. The number of thiophene rings is 1. The number of carbonyl (C=O) groups excluding carboxylic acids is 2. The number of ether oxygens (including phenoxy) is 1. The number of rotatable bonds is 5. The van der Waals surface area contributed by atoms with E-state index < -0.39 is 0 Å². The summed E-state index contributed by atoms with van der Waals surface area (Å²) in [5.74, 6) is -0.143. The summed E-state index contributed by atoms with van der Waals surface area (Å²) in [7, 11) is 0. The molecule has 0 aliphatic carbocycles. The van der Waals surface area contributed by atoms with E-state index in [0.29, 0.717) is 50.4 Å². The van der Waals surface area contributed by atoms with Gasteiger partial charge in [-0.1, -0.05) is 12.1 Å². The predicted molar refractivity (Wildman–Crippen MR) is 94.4 cm³/mol. The highest BCUT2D eigenvalue weighted by atomic mass is 32.1. The van der Waals surface area contributed by atoms with Gasteiger partial charge in [-0.25, -0.2) is 0 Å². The van der Waals surface area contributed by atoms with Crippen molar-refractivity contribution in [2.75, 3.05) is 31.6 Å². The van der Waals surface area contributed by atoms with Crippen LogP contribution in [0.1, 0.15) is 22.3 Å². The lowest BCUT2D eigenvalue weighted by atomic mass is 10.1. The van der Waals surface area contributed by atoms with Gasteiger partial charge in [0.15, 0.2) is 0 Å². The molecule has 1 aromatic heterocycles. The molecule has 2 heterocycles. The summed E-state index contributed by atoms with van der Waals surface area (Å²) in [5, 5.41) is 6.93. The molecule has 0 bridgehead atoms. The van der Waals surface area contributed by atoms with Gasteiger partial charge in [-0.3, -0.25) is 9.59 Å². The fourth-order valence-corrected chi connectivity index (χ4v) is 3.32. The summed E-state index contributed by atoms with van der Waals surface area (Å²) in [6.07, 6.45) is 1.10. The zero-order chi connectivity index (χ0) is 16.8. The lowest BCUT2D eigenvalue weighted by Crippen LogP contribution is -2.41. The van der Waals surface area contributed by atoms with E-state index >= 15 is 0 Å². The molecule has 6 heteroatoms. The number of amides is 2. The van der Waals surface area contributed by atoms with E-state index in [9.17, 15) is 9.59 Å². The van der Waals surface area contributed by atoms with E-state index in [0.717, 1.165) is 5.56 Å². The molecule has 1 N–H and O–H groups in total. The number of para-hydroxylation sites is 1. The topological polar surface area (TPSA) is 58.6 Å². The van der Waals surface area contributed by atoms with Crippen LogP contribution in [0.15, 0.2) is 41.1 Å². The minimum Gasteiger partial charge on any atom is -0.378 e. The van der Waals surface area contributed by atoms with Crippen LogP contribution in [0.4, 0.5) is 5.69 Å². The van der Waals surface area contributed by atoms with Gasteiger partial charge < -0.3 is 15.0 Å². The Labute approximate surface area is 145 Å². The third-order valence-electron chi connectivity index (χ3n) is 3.95. The third kappa shape index (κ3) is 4.21. The average Bonchev–Trinajstić information content (AvgIpc) is 3.14. The average molecular weight is 344 g/mol. The number of anilines is 1. The molecule has 0 atom stereocenters. The highest BCUT2D eigenvalue weighted by Gasteiger charge is 2.21. The van der Waals surface area contributed by atoms with E-state index in [1.165, 1.54) is 0 Å². The quantitative estimate of drug-likeness (QED) is 0.907. The molecule has 0 radical (unpaired) electrons. The lowest BCUT2D eigenvalue weighted by molar-refractivity contribution is -0.116. The molecule has 1 saturated heterocycles. The van der Waals surface area contributed by atoms with Gasteiger partial charge in [0.05, 0.1) is 24.5 Å². The highest BCUT2D eigenvalue weighted by molar-refractivity contribution is 7.07. The second-order valence-electron chi connectivity index (χ2n) is 5.63. The molecule has 0 spiro atoms. The van der Waals surface area contributed by atoms with E-state index in [4.69, 9.17) is 4.74 Å². The molecule has 0 unspecified atom stereocenters. The van der Waals surface area contributed by atoms with Crippen molar-refractivity contribution in [3.63, 3.8) is 0 Å². The number of nitrogens with zero attached hydrogens (tertiary/aromatic N) is 1. The number of morpholine rings is 1. The van der Waals surface area contributed by atoms with E-state index in [-0.39, 0.29) is 11.8 Å². The molecular formula is C18H20N2O3S. The van der Waals surface area contributed by atoms with Crippen LogP contribution in [0.2, 0.25) is 0 Å². The second kappa shape index (κ2) is 8.08. The van der Waals surface area contributed by atoms with Crippen LogP contribution in [0.25, 0.3) is 0 Å². The SMILES string of the molecule is O=C(CCc1ccsc1)Nc1ccccc1C(=O)N1CCOCC1. The van der Waals surface area contributed by atoms with E-state index in [1.54, 1.807) is 28.4 Å². The van der Waals surface area contributed by atoms with Crippen molar-refractivity contribution in [2.24, 2.45) is 0 Å². The Morgan fingerprint density at radius 2 is 1.96 bits per heavy atom. The molecule has 5 nitrogen and oxygen atoms in total. The summed E-state index contributed by atoms with van der Waals surface area (Å²) in [5.41, 5.74) is 2.26. The van der Waals surface area contributed by atoms with Crippen molar-refractivity contribution >= 4 is 28.8 Å². The maximum Gasteiger partial charge on any atom is 0.256 e. The fourth-order valence-electron chi connectivity index (χ4n) is 2.62. The number of nitrogens with one attached hydrogen (secondary N) is 1. The summed E-state index contributed by atoms with van der Waals surface area (Å²) in [6.45, 7) is 2.28. The van der Waals surface area contributed by atoms with Crippen LogP contribution < -0.4 is 5.32 Å². The molecule has 24 heavy (non-hydrogen) atoms. The molecule has 1 fully saturated rings. The monoisotopic (exact) mass is 344 g/mol. The molecule has 0 saturated carbocycles. The first-order chi connectivity index (χ1) is 11.7. The Morgan fingerprint density at radius 3 is 2.71 bits per heavy atom. The van der Waals surface area contributed by atoms with Gasteiger partial charge in [-0.15, -0.1) is 0 Å². The van der Waals surface area contributed by atoms with Crippen molar-refractivity contribution < 1.29 is 14.3 Å². The van der Waals surface area contributed by atoms with Crippen LogP contribution >= 0.6 is 11.3 Å². The second-order valence-corrected chi connectivity index (χ2v) is 6.41. The Balaban J connectivity index is 1.64. The Hall–Kier alpha value is -2.18. The molecule has 2 aromatic rings. The maximum atomic E-state index is 12.7. The summed E-state index contributed by atoms with van der Waals surface area (Å²) in [4.78, 5) is 26.6. The number of hydrogen-bond donors (Lipinski definition) is 1. The summed E-state index contributed by atoms with van der Waals surface area (Å²) in [6, 6.07) is 9.19. The minimum atomic E-state index is -0.0802. The van der Waals surface area contributed by atoms with Gasteiger partial charge >= 0.3 is 0 Å².